The van der Waals surface area contributed by atoms with Crippen LogP contribution in [-0.2, 0) is 0 Å². The van der Waals surface area contributed by atoms with E-state index >= 15 is 0 Å². The lowest BCUT2D eigenvalue weighted by Gasteiger charge is -2.01. The largest absolute Gasteiger partial charge is 0.396 e. The molecule has 0 aliphatic heterocycles. The van der Waals surface area contributed by atoms with Crippen molar-refractivity contribution in [2.45, 2.75) is 84.0 Å². The van der Waals surface area contributed by atoms with Crippen molar-refractivity contribution in [2.75, 3.05) is 13.2 Å². The molecule has 0 unspecified atom stereocenters. The molecule has 0 saturated carbocycles. The second-order valence-corrected chi connectivity index (χ2v) is 5.40. The van der Waals surface area contributed by atoms with E-state index in [1.807, 2.05) is 6.20 Å². The van der Waals surface area contributed by atoms with Crippen LogP contribution in [0.5, 0.6) is 0 Å². The number of hydrogen-bond donors (Lipinski definition) is 2. The van der Waals surface area contributed by atoms with Crippen LogP contribution in [0.4, 0.5) is 0 Å². The van der Waals surface area contributed by atoms with E-state index in [0.29, 0.717) is 0 Å². The second-order valence-electron chi connectivity index (χ2n) is 5.40. The molecule has 0 aromatic rings. The van der Waals surface area contributed by atoms with Gasteiger partial charge in [-0.2, -0.15) is 0 Å². The number of hydrogen-bond acceptors (Lipinski definition) is 2. The van der Waals surface area contributed by atoms with E-state index < -0.39 is 0 Å². The Bertz CT molecular complexity index is 180. The van der Waals surface area contributed by atoms with E-state index in [-0.39, 0.29) is 6.61 Å². The third kappa shape index (κ3) is 17.5. The van der Waals surface area contributed by atoms with E-state index in [1.54, 1.807) is 0 Å². The first kappa shape index (κ1) is 18.5. The Morgan fingerprint density at radius 2 is 1.37 bits per heavy atom. The lowest BCUT2D eigenvalue weighted by Crippen LogP contribution is -2.07. The van der Waals surface area contributed by atoms with E-state index in [1.165, 1.54) is 70.6 Å². The maximum Gasteiger partial charge on any atom is 0.0447 e. The topological polar surface area (TPSA) is 32.3 Å². The molecule has 0 atom stereocenters. The minimum absolute atomic E-state index is 0.277. The highest BCUT2D eigenvalue weighted by molar-refractivity contribution is 4.78. The fourth-order valence-electron chi connectivity index (χ4n) is 2.18. The van der Waals surface area contributed by atoms with Crippen LogP contribution >= 0.6 is 0 Å². The highest BCUT2D eigenvalue weighted by atomic mass is 16.3. The molecule has 2 nitrogen and oxygen atoms in total. The summed E-state index contributed by atoms with van der Waals surface area (Å²) in [6, 6.07) is 0. The van der Waals surface area contributed by atoms with Gasteiger partial charge in [0.1, 0.15) is 0 Å². The molecule has 0 fully saturated rings. The van der Waals surface area contributed by atoms with Crippen molar-refractivity contribution >= 4 is 0 Å². The first-order valence-corrected chi connectivity index (χ1v) is 8.41. The van der Waals surface area contributed by atoms with Crippen molar-refractivity contribution in [3.63, 3.8) is 0 Å². The molecule has 0 aromatic carbocycles. The van der Waals surface area contributed by atoms with Gasteiger partial charge in [0.25, 0.3) is 0 Å². The first-order chi connectivity index (χ1) is 9.41. The zero-order valence-electron chi connectivity index (χ0n) is 13.0. The molecule has 0 bridgehead atoms. The third-order valence-electron chi connectivity index (χ3n) is 3.44. The normalized spacial score (nSPS) is 11.3. The van der Waals surface area contributed by atoms with Gasteiger partial charge in [-0.25, -0.2) is 0 Å². The molecule has 0 radical (unpaired) electrons. The minimum Gasteiger partial charge on any atom is -0.396 e. The zero-order chi connectivity index (χ0) is 14.0. The SMILES string of the molecule is CCCCCCCCCCCCC=CNCCCO. The van der Waals surface area contributed by atoms with E-state index in [2.05, 4.69) is 18.3 Å². The van der Waals surface area contributed by atoms with Crippen molar-refractivity contribution in [3.8, 4) is 0 Å². The Hall–Kier alpha value is -0.500. The molecule has 0 rings (SSSR count). The van der Waals surface area contributed by atoms with Crippen LogP contribution in [0.3, 0.4) is 0 Å². The first-order valence-electron chi connectivity index (χ1n) is 8.41. The molecule has 2 N–H and O–H groups in total. The van der Waals surface area contributed by atoms with Crippen LogP contribution in [0.1, 0.15) is 84.0 Å². The van der Waals surface area contributed by atoms with E-state index in [0.717, 1.165) is 13.0 Å². The molecular formula is C17H35NO. The Kier molecular flexibility index (Phi) is 17.0. The zero-order valence-corrected chi connectivity index (χ0v) is 13.0. The number of aliphatic hydroxyl groups is 1. The summed E-state index contributed by atoms with van der Waals surface area (Å²) < 4.78 is 0. The maximum absolute atomic E-state index is 8.61. The molecule has 114 valence electrons. The molecule has 0 spiro atoms. The Morgan fingerprint density at radius 3 is 1.95 bits per heavy atom. The van der Waals surface area contributed by atoms with E-state index in [4.69, 9.17) is 5.11 Å². The van der Waals surface area contributed by atoms with Crippen LogP contribution in [0.15, 0.2) is 12.3 Å². The average molecular weight is 269 g/mol. The van der Waals surface area contributed by atoms with Gasteiger partial charge >= 0.3 is 0 Å². The molecule has 0 aromatic heterocycles. The smallest absolute Gasteiger partial charge is 0.0447 e. The summed E-state index contributed by atoms with van der Waals surface area (Å²) in [6.45, 7) is 3.43. The molecule has 0 heterocycles. The number of allylic oxidation sites excluding steroid dienone is 1. The van der Waals surface area contributed by atoms with Crippen LogP contribution in [0.25, 0.3) is 0 Å². The summed E-state index contributed by atoms with van der Waals surface area (Å²) in [7, 11) is 0. The molecule has 19 heavy (non-hydrogen) atoms. The highest BCUT2D eigenvalue weighted by Gasteiger charge is 1.91. The molecule has 2 heteroatoms. The molecule has 0 amide bonds. The maximum atomic E-state index is 8.61. The van der Waals surface area contributed by atoms with Crippen molar-refractivity contribution in [1.82, 2.24) is 5.32 Å². The lowest BCUT2D eigenvalue weighted by atomic mass is 10.1. The Morgan fingerprint density at radius 1 is 0.789 bits per heavy atom. The lowest BCUT2D eigenvalue weighted by molar-refractivity contribution is 0.288. The van der Waals surface area contributed by atoms with Crippen molar-refractivity contribution in [2.24, 2.45) is 0 Å². The summed E-state index contributed by atoms with van der Waals surface area (Å²) in [5, 5.41) is 11.8. The van der Waals surface area contributed by atoms with Gasteiger partial charge in [-0.1, -0.05) is 70.8 Å². The summed E-state index contributed by atoms with van der Waals surface area (Å²) >= 11 is 0. The summed E-state index contributed by atoms with van der Waals surface area (Å²) in [5.74, 6) is 0. The van der Waals surface area contributed by atoms with Crippen LogP contribution in [0, 0.1) is 0 Å². The second kappa shape index (κ2) is 17.5. The van der Waals surface area contributed by atoms with Gasteiger partial charge in [0.2, 0.25) is 0 Å². The minimum atomic E-state index is 0.277. The predicted molar refractivity (Wildman–Crippen MR) is 85.3 cm³/mol. The monoisotopic (exact) mass is 269 g/mol. The summed E-state index contributed by atoms with van der Waals surface area (Å²) in [5.41, 5.74) is 0. The van der Waals surface area contributed by atoms with Gasteiger partial charge in [0.15, 0.2) is 0 Å². The van der Waals surface area contributed by atoms with E-state index in [9.17, 15) is 0 Å². The van der Waals surface area contributed by atoms with Gasteiger partial charge in [0, 0.05) is 13.2 Å². The summed E-state index contributed by atoms with van der Waals surface area (Å²) in [4.78, 5) is 0. The average Bonchev–Trinajstić information content (AvgIpc) is 2.43. The molecule has 0 aliphatic rings. The number of rotatable bonds is 15. The van der Waals surface area contributed by atoms with Crippen molar-refractivity contribution in [1.29, 1.82) is 0 Å². The fraction of sp³-hybridized carbons (Fsp3) is 0.882. The third-order valence-corrected chi connectivity index (χ3v) is 3.44. The van der Waals surface area contributed by atoms with Crippen LogP contribution in [0.2, 0.25) is 0 Å². The van der Waals surface area contributed by atoms with Crippen molar-refractivity contribution < 1.29 is 5.11 Å². The Labute approximate surface area is 120 Å². The number of nitrogens with one attached hydrogen (secondary N) is 1. The quantitative estimate of drug-likeness (QED) is 0.419. The molecule has 0 aliphatic carbocycles. The fourth-order valence-corrected chi connectivity index (χ4v) is 2.18. The predicted octanol–water partition coefficient (Wildman–Crippen LogP) is 4.78. The van der Waals surface area contributed by atoms with Gasteiger partial charge < -0.3 is 10.4 Å². The van der Waals surface area contributed by atoms with Gasteiger partial charge in [-0.05, 0) is 25.5 Å². The van der Waals surface area contributed by atoms with Crippen molar-refractivity contribution in [3.05, 3.63) is 12.3 Å². The van der Waals surface area contributed by atoms with Crippen LogP contribution in [-0.4, -0.2) is 18.3 Å². The molecule has 0 saturated heterocycles. The highest BCUT2D eigenvalue weighted by Crippen LogP contribution is 2.11. The number of aliphatic hydroxyl groups excluding tert-OH is 1. The Balaban J connectivity index is 2.98. The summed E-state index contributed by atoms with van der Waals surface area (Å²) in [6.07, 6.45) is 20.3. The standard InChI is InChI=1S/C17H35NO/c1-2-3-4-5-6-7-8-9-10-11-12-13-15-18-16-14-17-19/h13,15,18-19H,2-12,14,16-17H2,1H3. The molecular weight excluding hydrogens is 234 g/mol. The van der Waals surface area contributed by atoms with Gasteiger partial charge in [-0.3, -0.25) is 0 Å². The van der Waals surface area contributed by atoms with Crippen LogP contribution < -0.4 is 5.32 Å². The van der Waals surface area contributed by atoms with Gasteiger partial charge in [0.05, 0.1) is 0 Å². The number of unbranched alkanes of at least 4 members (excludes halogenated alkanes) is 10. The van der Waals surface area contributed by atoms with Gasteiger partial charge in [-0.15, -0.1) is 0 Å².